The smallest absolute Gasteiger partial charge is 0.292 e. The molecule has 1 atom stereocenters. The third-order valence-corrected chi connectivity index (χ3v) is 9.22. The SMILES string of the molecule is O=C(NCC1CN(S(=O)(=O)c2cc3cc(Cl)ccc3[nH]2)CCN1C(=O)c1ncc(-c2ccncc2)cn1)C1CC1. The number of rotatable bonds is 7. The second-order valence-corrected chi connectivity index (χ2v) is 12.3. The third kappa shape index (κ3) is 5.29. The number of sulfonamides is 1. The van der Waals surface area contributed by atoms with Crippen molar-refractivity contribution >= 4 is 44.3 Å². The summed E-state index contributed by atoms with van der Waals surface area (Å²) in [5.41, 5.74) is 2.26. The van der Waals surface area contributed by atoms with E-state index in [-0.39, 0.29) is 48.9 Å². The molecular formula is C27H26ClN7O4S. The zero-order valence-corrected chi connectivity index (χ0v) is 22.9. The van der Waals surface area contributed by atoms with E-state index in [9.17, 15) is 18.0 Å². The molecule has 1 aliphatic heterocycles. The maximum Gasteiger partial charge on any atom is 0.292 e. The molecule has 1 unspecified atom stereocenters. The molecule has 1 aromatic carbocycles. The number of amides is 2. The van der Waals surface area contributed by atoms with E-state index < -0.39 is 22.0 Å². The summed E-state index contributed by atoms with van der Waals surface area (Å²) in [6.07, 6.45) is 8.13. The van der Waals surface area contributed by atoms with Crippen LogP contribution in [0.15, 0.2) is 66.2 Å². The van der Waals surface area contributed by atoms with Crippen LogP contribution in [0.1, 0.15) is 23.5 Å². The molecule has 1 saturated heterocycles. The largest absolute Gasteiger partial charge is 0.354 e. The summed E-state index contributed by atoms with van der Waals surface area (Å²) in [5.74, 6) is -0.531. The Bertz CT molecular complexity index is 1670. The van der Waals surface area contributed by atoms with Gasteiger partial charge >= 0.3 is 0 Å². The molecule has 0 spiro atoms. The molecule has 2 aliphatic rings. The van der Waals surface area contributed by atoms with Gasteiger partial charge < -0.3 is 15.2 Å². The van der Waals surface area contributed by atoms with Crippen molar-refractivity contribution in [2.24, 2.45) is 5.92 Å². The molecule has 11 nitrogen and oxygen atoms in total. The van der Waals surface area contributed by atoms with E-state index in [4.69, 9.17) is 11.6 Å². The molecule has 206 valence electrons. The van der Waals surface area contributed by atoms with Gasteiger partial charge in [-0.1, -0.05) is 11.6 Å². The standard InChI is InChI=1S/C27H26ClN7O4S/c28-21-3-4-23-19(11-21)12-24(33-23)40(38,39)34-9-10-35(22(16-34)15-32-26(36)18-1-2-18)27(37)25-30-13-20(14-31-25)17-5-7-29-8-6-17/h3-8,11-14,18,22,33H,1-2,9-10,15-16H2,(H,32,36). The number of benzene rings is 1. The Balaban J connectivity index is 1.23. The summed E-state index contributed by atoms with van der Waals surface area (Å²) in [5, 5.41) is 4.12. The van der Waals surface area contributed by atoms with Gasteiger partial charge in [0, 0.05) is 78.4 Å². The first-order valence-electron chi connectivity index (χ1n) is 12.9. The van der Waals surface area contributed by atoms with Crippen LogP contribution in [-0.2, 0) is 14.8 Å². The maximum atomic E-state index is 13.6. The van der Waals surface area contributed by atoms with Gasteiger partial charge in [-0.25, -0.2) is 18.4 Å². The lowest BCUT2D eigenvalue weighted by Gasteiger charge is -2.40. The van der Waals surface area contributed by atoms with E-state index in [2.05, 4.69) is 25.3 Å². The van der Waals surface area contributed by atoms with Crippen molar-refractivity contribution in [3.05, 3.63) is 72.0 Å². The van der Waals surface area contributed by atoms with E-state index in [0.717, 1.165) is 24.0 Å². The van der Waals surface area contributed by atoms with Gasteiger partial charge in [-0.15, -0.1) is 0 Å². The average molecular weight is 580 g/mol. The first-order valence-corrected chi connectivity index (χ1v) is 14.7. The van der Waals surface area contributed by atoms with Crippen LogP contribution >= 0.6 is 11.6 Å². The van der Waals surface area contributed by atoms with Crippen LogP contribution in [-0.4, -0.2) is 81.6 Å². The fourth-order valence-electron chi connectivity index (χ4n) is 4.81. The van der Waals surface area contributed by atoms with Crippen molar-refractivity contribution in [3.8, 4) is 11.1 Å². The zero-order chi connectivity index (χ0) is 27.9. The predicted octanol–water partition coefficient (Wildman–Crippen LogP) is 2.71. The van der Waals surface area contributed by atoms with Crippen molar-refractivity contribution in [1.29, 1.82) is 0 Å². The topological polar surface area (TPSA) is 141 Å². The predicted molar refractivity (Wildman–Crippen MR) is 148 cm³/mol. The van der Waals surface area contributed by atoms with Crippen molar-refractivity contribution in [2.75, 3.05) is 26.2 Å². The minimum Gasteiger partial charge on any atom is -0.354 e. The Hall–Kier alpha value is -3.87. The number of piperazine rings is 1. The van der Waals surface area contributed by atoms with Crippen LogP contribution in [0.4, 0.5) is 0 Å². The van der Waals surface area contributed by atoms with Gasteiger partial charge in [0.2, 0.25) is 11.7 Å². The van der Waals surface area contributed by atoms with E-state index in [1.807, 2.05) is 12.1 Å². The van der Waals surface area contributed by atoms with E-state index in [0.29, 0.717) is 15.9 Å². The third-order valence-electron chi connectivity index (χ3n) is 7.20. The minimum absolute atomic E-state index is 0.000119. The minimum atomic E-state index is -3.91. The average Bonchev–Trinajstić information content (AvgIpc) is 3.74. The number of nitrogens with zero attached hydrogens (tertiary/aromatic N) is 5. The van der Waals surface area contributed by atoms with Gasteiger partial charge in [0.05, 0.1) is 6.04 Å². The Morgan fingerprint density at radius 1 is 1.02 bits per heavy atom. The number of aromatic nitrogens is 4. The summed E-state index contributed by atoms with van der Waals surface area (Å²) in [6.45, 7) is 0.310. The summed E-state index contributed by atoms with van der Waals surface area (Å²) >= 11 is 6.07. The van der Waals surface area contributed by atoms with E-state index in [1.54, 1.807) is 54.0 Å². The number of fused-ring (bicyclic) bond motifs is 1. The molecule has 3 aromatic heterocycles. The normalized spacial score (nSPS) is 18.1. The van der Waals surface area contributed by atoms with Gasteiger partial charge in [-0.3, -0.25) is 14.6 Å². The monoisotopic (exact) mass is 579 g/mol. The molecule has 0 radical (unpaired) electrons. The number of hydrogen-bond acceptors (Lipinski definition) is 7. The van der Waals surface area contributed by atoms with E-state index >= 15 is 0 Å². The Labute approximate surface area is 235 Å². The molecule has 6 rings (SSSR count). The van der Waals surface area contributed by atoms with Crippen molar-refractivity contribution in [1.82, 2.24) is 34.5 Å². The highest BCUT2D eigenvalue weighted by molar-refractivity contribution is 7.89. The second kappa shape index (κ2) is 10.6. The van der Waals surface area contributed by atoms with Crippen LogP contribution in [0, 0.1) is 5.92 Å². The molecule has 4 heterocycles. The fourth-order valence-corrected chi connectivity index (χ4v) is 6.47. The molecule has 2 amide bonds. The van der Waals surface area contributed by atoms with Crippen LogP contribution in [0.5, 0.6) is 0 Å². The van der Waals surface area contributed by atoms with Crippen LogP contribution in [0.3, 0.4) is 0 Å². The first-order chi connectivity index (χ1) is 19.3. The molecule has 1 saturated carbocycles. The number of nitrogens with one attached hydrogen (secondary N) is 2. The molecule has 2 N–H and O–H groups in total. The van der Waals surface area contributed by atoms with Crippen molar-refractivity contribution < 1.29 is 18.0 Å². The number of carbonyl (C=O) groups excluding carboxylic acids is 2. The molecular weight excluding hydrogens is 554 g/mol. The number of aromatic amines is 1. The summed E-state index contributed by atoms with van der Waals surface area (Å²) < 4.78 is 28.5. The van der Waals surface area contributed by atoms with Crippen LogP contribution in [0.25, 0.3) is 22.0 Å². The molecule has 1 aliphatic carbocycles. The molecule has 13 heteroatoms. The number of H-pyrrole nitrogens is 1. The Morgan fingerprint density at radius 3 is 2.50 bits per heavy atom. The highest BCUT2D eigenvalue weighted by atomic mass is 35.5. The second-order valence-electron chi connectivity index (χ2n) is 9.93. The summed E-state index contributed by atoms with van der Waals surface area (Å²) in [6, 6.07) is 9.69. The number of pyridine rings is 1. The van der Waals surface area contributed by atoms with E-state index in [1.165, 1.54) is 4.31 Å². The zero-order valence-electron chi connectivity index (χ0n) is 21.3. The molecule has 0 bridgehead atoms. The van der Waals surface area contributed by atoms with Crippen molar-refractivity contribution in [3.63, 3.8) is 0 Å². The first kappa shape index (κ1) is 26.4. The Morgan fingerprint density at radius 2 is 1.77 bits per heavy atom. The quantitative estimate of drug-likeness (QED) is 0.343. The molecule has 2 fully saturated rings. The number of carbonyl (C=O) groups is 2. The summed E-state index contributed by atoms with van der Waals surface area (Å²) in [4.78, 5) is 43.0. The van der Waals surface area contributed by atoms with Crippen LogP contribution in [0.2, 0.25) is 5.02 Å². The van der Waals surface area contributed by atoms with Crippen molar-refractivity contribution in [2.45, 2.75) is 23.9 Å². The fraction of sp³-hybridized carbons (Fsp3) is 0.296. The lowest BCUT2D eigenvalue weighted by molar-refractivity contribution is -0.122. The van der Waals surface area contributed by atoms with Gasteiger partial charge in [0.25, 0.3) is 15.9 Å². The highest BCUT2D eigenvalue weighted by Gasteiger charge is 2.39. The number of hydrogen-bond donors (Lipinski definition) is 2. The Kier molecular flexibility index (Phi) is 6.99. The van der Waals surface area contributed by atoms with Gasteiger partial charge in [-0.2, -0.15) is 4.31 Å². The van der Waals surface area contributed by atoms with Gasteiger partial charge in [0.15, 0.2) is 0 Å². The molecule has 40 heavy (non-hydrogen) atoms. The maximum absolute atomic E-state index is 13.6. The molecule has 4 aromatic rings. The van der Waals surface area contributed by atoms with Crippen LogP contribution < -0.4 is 5.32 Å². The van der Waals surface area contributed by atoms with Gasteiger partial charge in [-0.05, 0) is 54.8 Å². The highest BCUT2D eigenvalue weighted by Crippen LogP contribution is 2.29. The lowest BCUT2D eigenvalue weighted by atomic mass is 10.1. The van der Waals surface area contributed by atoms with Gasteiger partial charge in [0.1, 0.15) is 5.03 Å². The number of halogens is 1. The lowest BCUT2D eigenvalue weighted by Crippen LogP contribution is -2.60. The summed E-state index contributed by atoms with van der Waals surface area (Å²) in [7, 11) is -3.91.